The Balaban J connectivity index is 1.42. The summed E-state index contributed by atoms with van der Waals surface area (Å²) in [5, 5.41) is 10.3. The molecule has 2 heterocycles. The zero-order chi connectivity index (χ0) is 26.5. The number of rotatable bonds is 11. The average molecular weight is 516 g/mol. The van der Waals surface area contributed by atoms with Gasteiger partial charge >= 0.3 is 11.9 Å². The molecule has 0 atom stereocenters. The van der Waals surface area contributed by atoms with Gasteiger partial charge in [0.05, 0.1) is 18.2 Å². The first-order chi connectivity index (χ1) is 18.6. The van der Waals surface area contributed by atoms with Gasteiger partial charge in [0, 0.05) is 29.9 Å². The van der Waals surface area contributed by atoms with Gasteiger partial charge < -0.3 is 23.7 Å². The number of carbonyl (C=O) groups is 2. The number of nitrogens with zero attached hydrogens (tertiary/aromatic N) is 1. The van der Waals surface area contributed by atoms with Crippen LogP contribution in [-0.2, 0) is 16.1 Å². The van der Waals surface area contributed by atoms with Crippen molar-refractivity contribution in [2.45, 2.75) is 58.5 Å². The SMILES string of the molecule is CC(=O)Oc1cc(-c2c3c(cc4ccc5c(c24)OCO5)C(=O)OC3)ccc1OCCCCCCCCC#N. The van der Waals surface area contributed by atoms with Crippen molar-refractivity contribution in [3.8, 4) is 40.2 Å². The molecule has 0 spiro atoms. The molecule has 0 unspecified atom stereocenters. The number of fused-ring (bicyclic) bond motifs is 4. The number of esters is 2. The molecule has 8 nitrogen and oxygen atoms in total. The minimum absolute atomic E-state index is 0.117. The van der Waals surface area contributed by atoms with Crippen LogP contribution in [-0.4, -0.2) is 25.3 Å². The third-order valence-electron chi connectivity index (χ3n) is 6.74. The molecule has 2 aliphatic rings. The summed E-state index contributed by atoms with van der Waals surface area (Å²) in [6, 6.07) is 13.2. The molecule has 5 rings (SSSR count). The Hall–Kier alpha value is -4.25. The second kappa shape index (κ2) is 11.4. The van der Waals surface area contributed by atoms with Crippen LogP contribution in [0, 0.1) is 11.3 Å². The quantitative estimate of drug-likeness (QED) is 0.163. The highest BCUT2D eigenvalue weighted by Crippen LogP contribution is 2.48. The Labute approximate surface area is 221 Å². The predicted octanol–water partition coefficient (Wildman–Crippen LogP) is 6.46. The van der Waals surface area contributed by atoms with Crippen molar-refractivity contribution in [3.05, 3.63) is 47.5 Å². The lowest BCUT2D eigenvalue weighted by Gasteiger charge is -2.16. The van der Waals surface area contributed by atoms with Gasteiger partial charge in [0.25, 0.3) is 0 Å². The minimum Gasteiger partial charge on any atom is -0.490 e. The Morgan fingerprint density at radius 3 is 2.61 bits per heavy atom. The summed E-state index contributed by atoms with van der Waals surface area (Å²) >= 11 is 0. The van der Waals surface area contributed by atoms with Crippen molar-refractivity contribution in [2.24, 2.45) is 0 Å². The number of carbonyl (C=O) groups excluding carboxylic acids is 2. The number of nitriles is 1. The standard InChI is InChI=1S/C30H29NO7/c1-19(32)38-26-16-21(9-11-24(26)34-14-8-6-4-2-3-5-7-13-31)27-23-17-35-30(33)22(23)15-20-10-12-25-29(28(20)27)37-18-36-25/h9-12,15-16H,2-8,14,17-18H2,1H3. The molecule has 0 amide bonds. The van der Waals surface area contributed by atoms with Gasteiger partial charge in [-0.2, -0.15) is 5.26 Å². The van der Waals surface area contributed by atoms with Gasteiger partial charge in [0.1, 0.15) is 6.61 Å². The van der Waals surface area contributed by atoms with Crippen LogP contribution in [0.25, 0.3) is 21.9 Å². The Morgan fingerprint density at radius 1 is 0.974 bits per heavy atom. The van der Waals surface area contributed by atoms with Gasteiger partial charge in [-0.3, -0.25) is 4.79 Å². The third-order valence-corrected chi connectivity index (χ3v) is 6.74. The van der Waals surface area contributed by atoms with E-state index in [0.29, 0.717) is 41.6 Å². The topological polar surface area (TPSA) is 104 Å². The first-order valence-electron chi connectivity index (χ1n) is 12.9. The van der Waals surface area contributed by atoms with E-state index in [1.54, 1.807) is 12.1 Å². The van der Waals surface area contributed by atoms with Crippen LogP contribution in [0.4, 0.5) is 0 Å². The molecule has 0 radical (unpaired) electrons. The number of ether oxygens (including phenoxy) is 5. The molecule has 0 aliphatic carbocycles. The molecule has 8 heteroatoms. The maximum atomic E-state index is 12.5. The zero-order valence-corrected chi connectivity index (χ0v) is 21.3. The van der Waals surface area contributed by atoms with E-state index in [1.807, 2.05) is 24.3 Å². The molecule has 0 bridgehead atoms. The number of hydrogen-bond donors (Lipinski definition) is 0. The van der Waals surface area contributed by atoms with E-state index in [2.05, 4.69) is 6.07 Å². The summed E-state index contributed by atoms with van der Waals surface area (Å²) in [6.45, 7) is 2.10. The highest BCUT2D eigenvalue weighted by molar-refractivity contribution is 6.10. The fraction of sp³-hybridized carbons (Fsp3) is 0.367. The number of hydrogen-bond acceptors (Lipinski definition) is 8. The van der Waals surface area contributed by atoms with Gasteiger partial charge in [-0.1, -0.05) is 37.8 Å². The number of benzene rings is 3. The summed E-state index contributed by atoms with van der Waals surface area (Å²) in [7, 11) is 0. The lowest BCUT2D eigenvalue weighted by atomic mass is 9.90. The van der Waals surface area contributed by atoms with E-state index in [-0.39, 0.29) is 19.4 Å². The maximum absolute atomic E-state index is 12.5. The molecule has 3 aromatic carbocycles. The van der Waals surface area contributed by atoms with Crippen LogP contribution >= 0.6 is 0 Å². The normalized spacial score (nSPS) is 13.2. The highest BCUT2D eigenvalue weighted by Gasteiger charge is 2.30. The minimum atomic E-state index is -0.455. The molecule has 2 aliphatic heterocycles. The summed E-state index contributed by atoms with van der Waals surface area (Å²) in [5.74, 6) is 1.21. The summed E-state index contributed by atoms with van der Waals surface area (Å²) in [4.78, 5) is 24.4. The van der Waals surface area contributed by atoms with Gasteiger partial charge in [0.2, 0.25) is 6.79 Å². The lowest BCUT2D eigenvalue weighted by Crippen LogP contribution is -2.05. The zero-order valence-electron chi connectivity index (χ0n) is 21.3. The molecular weight excluding hydrogens is 486 g/mol. The van der Waals surface area contributed by atoms with E-state index >= 15 is 0 Å². The molecule has 3 aromatic rings. The summed E-state index contributed by atoms with van der Waals surface area (Å²) in [5.41, 5.74) is 2.79. The van der Waals surface area contributed by atoms with Gasteiger partial charge in [0.15, 0.2) is 23.0 Å². The van der Waals surface area contributed by atoms with Crippen molar-refractivity contribution in [1.82, 2.24) is 0 Å². The maximum Gasteiger partial charge on any atom is 0.338 e. The smallest absolute Gasteiger partial charge is 0.338 e. The number of cyclic esters (lactones) is 1. The molecule has 38 heavy (non-hydrogen) atoms. The second-order valence-electron chi connectivity index (χ2n) is 9.38. The predicted molar refractivity (Wildman–Crippen MR) is 139 cm³/mol. The molecule has 0 aromatic heterocycles. The number of unbranched alkanes of at least 4 members (excludes halogenated alkanes) is 6. The van der Waals surface area contributed by atoms with Gasteiger partial charge in [-0.15, -0.1) is 0 Å². The molecule has 0 saturated carbocycles. The molecule has 0 saturated heterocycles. The Bertz CT molecular complexity index is 1420. The van der Waals surface area contributed by atoms with Crippen LogP contribution in [0.1, 0.15) is 67.8 Å². The first kappa shape index (κ1) is 25.4. The monoisotopic (exact) mass is 515 g/mol. The molecule has 196 valence electrons. The van der Waals surface area contributed by atoms with Crippen molar-refractivity contribution < 1.29 is 33.3 Å². The Morgan fingerprint density at radius 2 is 1.79 bits per heavy atom. The van der Waals surface area contributed by atoms with E-state index < -0.39 is 5.97 Å². The van der Waals surface area contributed by atoms with Crippen molar-refractivity contribution in [3.63, 3.8) is 0 Å². The van der Waals surface area contributed by atoms with E-state index in [9.17, 15) is 9.59 Å². The first-order valence-corrected chi connectivity index (χ1v) is 12.9. The lowest BCUT2D eigenvalue weighted by molar-refractivity contribution is -0.132. The fourth-order valence-electron chi connectivity index (χ4n) is 4.97. The third kappa shape index (κ3) is 5.23. The van der Waals surface area contributed by atoms with Crippen LogP contribution in [0.5, 0.6) is 23.0 Å². The van der Waals surface area contributed by atoms with E-state index in [4.69, 9.17) is 28.9 Å². The fourth-order valence-corrected chi connectivity index (χ4v) is 4.97. The molecule has 0 N–H and O–H groups in total. The van der Waals surface area contributed by atoms with Crippen LogP contribution in [0.2, 0.25) is 0 Å². The summed E-state index contributed by atoms with van der Waals surface area (Å²) in [6.07, 6.45) is 6.74. The van der Waals surface area contributed by atoms with Gasteiger partial charge in [-0.05, 0) is 48.1 Å². The van der Waals surface area contributed by atoms with Crippen molar-refractivity contribution in [2.75, 3.05) is 13.4 Å². The highest BCUT2D eigenvalue weighted by atomic mass is 16.7. The van der Waals surface area contributed by atoms with Gasteiger partial charge in [-0.25, -0.2) is 4.79 Å². The summed E-state index contributed by atoms with van der Waals surface area (Å²) < 4.78 is 28.3. The van der Waals surface area contributed by atoms with Crippen LogP contribution in [0.3, 0.4) is 0 Å². The average Bonchev–Trinajstić information content (AvgIpc) is 3.53. The van der Waals surface area contributed by atoms with Crippen LogP contribution < -0.4 is 18.9 Å². The van der Waals surface area contributed by atoms with Crippen molar-refractivity contribution in [1.29, 1.82) is 5.26 Å². The molecule has 0 fully saturated rings. The van der Waals surface area contributed by atoms with Crippen LogP contribution in [0.15, 0.2) is 36.4 Å². The largest absolute Gasteiger partial charge is 0.490 e. The molecular formula is C30H29NO7. The second-order valence-corrected chi connectivity index (χ2v) is 9.38. The van der Waals surface area contributed by atoms with Crippen molar-refractivity contribution >= 4 is 22.7 Å². The van der Waals surface area contributed by atoms with E-state index in [0.717, 1.165) is 66.0 Å². The van der Waals surface area contributed by atoms with E-state index in [1.165, 1.54) is 6.92 Å². The Kier molecular flexibility index (Phi) is 7.64.